The zero-order chi connectivity index (χ0) is 4.71. The SMILES string of the molecule is [Cl][InH][Cl].[O]=[Sn]. The van der Waals surface area contributed by atoms with Crippen molar-refractivity contribution in [2.75, 3.05) is 0 Å². The fourth-order valence-electron chi connectivity index (χ4n) is 0. The molecule has 0 saturated heterocycles. The van der Waals surface area contributed by atoms with E-state index in [1.165, 1.54) is 0 Å². The Balaban J connectivity index is 0. The summed E-state index contributed by atoms with van der Waals surface area (Å²) >= 11 is -0.766. The summed E-state index contributed by atoms with van der Waals surface area (Å²) in [4.78, 5) is 0. The third kappa shape index (κ3) is 23.6. The van der Waals surface area contributed by atoms with Gasteiger partial charge in [0.1, 0.15) is 0 Å². The van der Waals surface area contributed by atoms with Crippen LogP contribution in [0.15, 0.2) is 0 Å². The van der Waals surface area contributed by atoms with Gasteiger partial charge < -0.3 is 0 Å². The van der Waals surface area contributed by atoms with E-state index in [4.69, 9.17) is 20.2 Å². The van der Waals surface area contributed by atoms with Gasteiger partial charge in [0.05, 0.1) is 0 Å². The Labute approximate surface area is 62.4 Å². The Morgan fingerprint density at radius 3 is 1.40 bits per heavy atom. The molecule has 0 unspecified atom stereocenters. The van der Waals surface area contributed by atoms with Crippen LogP contribution in [0.25, 0.3) is 0 Å². The Bertz CT molecular complexity index is 13.6. The van der Waals surface area contributed by atoms with E-state index < -0.39 is 20.5 Å². The fourth-order valence-corrected chi connectivity index (χ4v) is 0. The number of halogens is 2. The summed E-state index contributed by atoms with van der Waals surface area (Å²) in [6, 6.07) is 0. The van der Waals surface area contributed by atoms with E-state index >= 15 is 0 Å². The zero-order valence-corrected chi connectivity index (χ0v) is 10.8. The van der Waals surface area contributed by atoms with E-state index in [1.54, 1.807) is 0 Å². The van der Waals surface area contributed by atoms with Crippen molar-refractivity contribution in [2.45, 2.75) is 0 Å². The van der Waals surface area contributed by atoms with Crippen molar-refractivity contribution in [3.63, 3.8) is 0 Å². The van der Waals surface area contributed by atoms with E-state index in [0.29, 0.717) is 22.5 Å². The van der Waals surface area contributed by atoms with E-state index in [9.17, 15) is 0 Å². The summed E-state index contributed by atoms with van der Waals surface area (Å²) in [5.74, 6) is 0. The van der Waals surface area contributed by atoms with Gasteiger partial charge in [-0.2, -0.15) is 0 Å². The molecular formula is HCl2InOSn. The van der Waals surface area contributed by atoms with E-state index in [-0.39, 0.29) is 0 Å². The maximum absolute atomic E-state index is 8.34. The summed E-state index contributed by atoms with van der Waals surface area (Å²) < 4.78 is 8.34. The first kappa shape index (κ1) is 10.1. The summed E-state index contributed by atoms with van der Waals surface area (Å²) in [7, 11) is 9.95. The summed E-state index contributed by atoms with van der Waals surface area (Å²) in [5.41, 5.74) is 0. The van der Waals surface area contributed by atoms with Crippen molar-refractivity contribution in [3.05, 3.63) is 0 Å². The monoisotopic (exact) mass is 322 g/mol. The van der Waals surface area contributed by atoms with Crippen LogP contribution in [-0.4, -0.2) is 43.1 Å². The summed E-state index contributed by atoms with van der Waals surface area (Å²) in [6.45, 7) is 0. The molecule has 0 bridgehead atoms. The normalized spacial score (nSPS) is 3.60. The molecule has 0 rings (SSSR count). The van der Waals surface area contributed by atoms with Crippen LogP contribution in [0.1, 0.15) is 0 Å². The van der Waals surface area contributed by atoms with Crippen LogP contribution in [0.5, 0.6) is 0 Å². The molecule has 5 heteroatoms. The Morgan fingerprint density at radius 2 is 1.40 bits per heavy atom. The quantitative estimate of drug-likeness (QED) is 0.584. The third-order valence-electron chi connectivity index (χ3n) is 0. The molecule has 0 spiro atoms. The molecule has 28 valence electrons. The molecule has 0 atom stereocenters. The van der Waals surface area contributed by atoms with Crippen LogP contribution >= 0.6 is 17.2 Å². The average Bonchev–Trinajstić information content (AvgIpc) is 1.46. The van der Waals surface area contributed by atoms with Gasteiger partial charge in [-0.1, -0.05) is 0 Å². The molecule has 0 heterocycles. The van der Waals surface area contributed by atoms with E-state index in [2.05, 4.69) is 0 Å². The van der Waals surface area contributed by atoms with Crippen LogP contribution in [-0.2, 0) is 3.08 Å². The zero-order valence-electron chi connectivity index (χ0n) is 2.37. The summed E-state index contributed by atoms with van der Waals surface area (Å²) in [6.07, 6.45) is 0. The predicted molar refractivity (Wildman–Crippen MR) is 25.3 cm³/mol. The van der Waals surface area contributed by atoms with Crippen molar-refractivity contribution in [2.24, 2.45) is 0 Å². The van der Waals surface area contributed by atoms with Gasteiger partial charge in [-0.3, -0.25) is 0 Å². The first-order chi connectivity index (χ1) is 2.41. The molecule has 2 radical (unpaired) electrons. The van der Waals surface area contributed by atoms with Gasteiger partial charge >= 0.3 is 63.3 Å². The molecule has 1 nitrogen and oxygen atoms in total. The molecule has 0 aliphatic carbocycles. The molecule has 0 amide bonds. The Hall–Kier alpha value is 2.05. The molecule has 0 aliphatic rings. The number of hydrogen-bond acceptors (Lipinski definition) is 1. The average molecular weight is 321 g/mol. The fraction of sp³-hybridized carbons (Fsp3) is 0. The molecule has 0 aromatic carbocycles. The van der Waals surface area contributed by atoms with Gasteiger partial charge in [-0.25, -0.2) is 0 Å². The first-order valence-electron chi connectivity index (χ1n) is 0.739. The van der Waals surface area contributed by atoms with Crippen LogP contribution in [0.3, 0.4) is 0 Å². The van der Waals surface area contributed by atoms with Gasteiger partial charge in [0.15, 0.2) is 0 Å². The topological polar surface area (TPSA) is 17.1 Å². The van der Waals surface area contributed by atoms with Crippen LogP contribution in [0.2, 0.25) is 0 Å². The van der Waals surface area contributed by atoms with E-state index in [0.717, 1.165) is 0 Å². The van der Waals surface area contributed by atoms with Crippen molar-refractivity contribution in [1.29, 1.82) is 0 Å². The van der Waals surface area contributed by atoms with Gasteiger partial charge in [0.2, 0.25) is 0 Å². The molecule has 0 aliphatic heterocycles. The number of rotatable bonds is 0. The molecular weight excluding hydrogens is 320 g/mol. The molecule has 5 heavy (non-hydrogen) atoms. The molecule has 0 fully saturated rings. The maximum atomic E-state index is 8.34. The Morgan fingerprint density at radius 1 is 1.40 bits per heavy atom. The third-order valence-corrected chi connectivity index (χ3v) is 0. The molecule has 0 aromatic heterocycles. The van der Waals surface area contributed by atoms with Gasteiger partial charge in [-0.05, 0) is 0 Å². The van der Waals surface area contributed by atoms with Crippen molar-refractivity contribution in [3.8, 4) is 0 Å². The summed E-state index contributed by atoms with van der Waals surface area (Å²) in [5, 5.41) is 0. The molecule has 0 aromatic rings. The standard InChI is InChI=1S/2ClH.In.O.Sn.H/h2*1H;;;;/q;;+2;;;/p-2. The first-order valence-corrected chi connectivity index (χ1v) is 12.1. The second kappa shape index (κ2) is 16.6. The van der Waals surface area contributed by atoms with Gasteiger partial charge in [0, 0.05) is 0 Å². The van der Waals surface area contributed by atoms with Gasteiger partial charge in [0.25, 0.3) is 0 Å². The van der Waals surface area contributed by atoms with Crippen molar-refractivity contribution in [1.82, 2.24) is 0 Å². The molecule has 0 N–H and O–H groups in total. The Kier molecular flexibility index (Phi) is 33.6. The van der Waals surface area contributed by atoms with Crippen LogP contribution < -0.4 is 0 Å². The second-order valence-electron chi connectivity index (χ2n) is 0.101. The van der Waals surface area contributed by atoms with Gasteiger partial charge in [-0.15, -0.1) is 0 Å². The number of hydrogen-bond donors (Lipinski definition) is 0. The molecule has 0 saturated carbocycles. The van der Waals surface area contributed by atoms with Crippen LogP contribution in [0.4, 0.5) is 0 Å². The minimum atomic E-state index is -1.07. The van der Waals surface area contributed by atoms with Crippen molar-refractivity contribution < 1.29 is 3.08 Å². The second-order valence-corrected chi connectivity index (χ2v) is 6.10. The van der Waals surface area contributed by atoms with Crippen LogP contribution in [0, 0.1) is 0 Å². The minimum absolute atomic E-state index is 0.300. The van der Waals surface area contributed by atoms with E-state index in [1.807, 2.05) is 0 Å². The van der Waals surface area contributed by atoms with Crippen molar-refractivity contribution >= 4 is 60.2 Å². The predicted octanol–water partition coefficient (Wildman–Crippen LogP) is 0.231.